The first-order valence-corrected chi connectivity index (χ1v) is 6.49. The third-order valence-corrected chi connectivity index (χ3v) is 2.55. The van der Waals surface area contributed by atoms with E-state index in [0.29, 0.717) is 0 Å². The minimum absolute atomic E-state index is 0.0837. The Morgan fingerprint density at radius 2 is 1.96 bits per heavy atom. The van der Waals surface area contributed by atoms with Crippen molar-refractivity contribution >= 4 is 29.3 Å². The lowest BCUT2D eigenvalue weighted by Gasteiger charge is -2.07. The third-order valence-electron chi connectivity index (χ3n) is 2.55. The molecule has 0 aromatic heterocycles. The zero-order valence-corrected chi connectivity index (χ0v) is 12.5. The summed E-state index contributed by atoms with van der Waals surface area (Å²) in [7, 11) is 1.50. The van der Waals surface area contributed by atoms with Crippen LogP contribution in [0.1, 0.15) is 17.3 Å². The number of carbonyl (C=O) groups excluding carboxylic acids is 3. The minimum atomic E-state index is -0.956. The van der Waals surface area contributed by atoms with Crippen molar-refractivity contribution in [2.24, 2.45) is 0 Å². The second-order valence-electron chi connectivity index (χ2n) is 4.08. The number of nitro groups is 1. The Morgan fingerprint density at radius 3 is 2.52 bits per heavy atom. The largest absolute Gasteiger partial charge is 0.452 e. The third kappa shape index (κ3) is 5.26. The van der Waals surface area contributed by atoms with Crippen molar-refractivity contribution in [3.8, 4) is 0 Å². The van der Waals surface area contributed by atoms with Gasteiger partial charge < -0.3 is 14.8 Å². The molecular weight excluding hydrogens is 310 g/mol. The summed E-state index contributed by atoms with van der Waals surface area (Å²) in [5, 5.41) is 15.4. The van der Waals surface area contributed by atoms with Gasteiger partial charge in [0, 0.05) is 13.1 Å². The lowest BCUT2D eigenvalue weighted by molar-refractivity contribution is -0.384. The lowest BCUT2D eigenvalue weighted by atomic mass is 10.1. The van der Waals surface area contributed by atoms with Crippen LogP contribution < -0.4 is 10.6 Å². The number of hydrogen-bond acceptors (Lipinski definition) is 8. The first-order chi connectivity index (χ1) is 10.9. The van der Waals surface area contributed by atoms with Crippen molar-refractivity contribution < 1.29 is 28.8 Å². The Balaban J connectivity index is 2.68. The number of imide groups is 1. The molecule has 0 aliphatic heterocycles. The number of hydrogen-bond donors (Lipinski definition) is 2. The molecule has 0 bridgehead atoms. The van der Waals surface area contributed by atoms with Crippen LogP contribution >= 0.6 is 0 Å². The Hall–Kier alpha value is -3.17. The maximum absolute atomic E-state index is 11.8. The molecule has 0 fully saturated rings. The van der Waals surface area contributed by atoms with E-state index < -0.39 is 29.5 Å². The molecule has 1 aromatic rings. The van der Waals surface area contributed by atoms with E-state index in [0.717, 1.165) is 6.07 Å². The molecule has 1 rings (SSSR count). The fourth-order valence-electron chi connectivity index (χ4n) is 1.55. The van der Waals surface area contributed by atoms with Crippen LogP contribution in [0.2, 0.25) is 0 Å². The monoisotopic (exact) mass is 325 g/mol. The molecule has 0 spiro atoms. The van der Waals surface area contributed by atoms with E-state index in [1.807, 2.05) is 5.32 Å². The summed E-state index contributed by atoms with van der Waals surface area (Å²) in [5.74, 6) is -1.81. The van der Waals surface area contributed by atoms with E-state index in [-0.39, 0.29) is 23.5 Å². The van der Waals surface area contributed by atoms with Crippen LogP contribution in [0.3, 0.4) is 0 Å². The van der Waals surface area contributed by atoms with Gasteiger partial charge in [0.1, 0.15) is 5.69 Å². The van der Waals surface area contributed by atoms with E-state index in [2.05, 4.69) is 14.8 Å². The summed E-state index contributed by atoms with van der Waals surface area (Å²) in [4.78, 5) is 44.3. The second-order valence-corrected chi connectivity index (χ2v) is 4.08. The molecule has 0 aliphatic rings. The molecule has 0 heterocycles. The zero-order chi connectivity index (χ0) is 17.4. The quantitative estimate of drug-likeness (QED) is 0.450. The number of anilines is 1. The number of alkyl carbamates (subject to hydrolysis) is 1. The fraction of sp³-hybridized carbons (Fsp3) is 0.308. The van der Waals surface area contributed by atoms with Crippen molar-refractivity contribution in [3.63, 3.8) is 0 Å². The number of benzene rings is 1. The highest BCUT2D eigenvalue weighted by Crippen LogP contribution is 2.25. The first-order valence-electron chi connectivity index (χ1n) is 6.49. The number of nitrogens with one attached hydrogen (secondary N) is 2. The summed E-state index contributed by atoms with van der Waals surface area (Å²) < 4.78 is 9.15. The SMILES string of the molecule is CCOC(=O)NC(=O)COC(=O)c1ccc(NC)c([N+](=O)[O-])c1. The average Bonchev–Trinajstić information content (AvgIpc) is 2.52. The number of nitro benzene ring substituents is 1. The predicted molar refractivity (Wildman–Crippen MR) is 78.1 cm³/mol. The zero-order valence-electron chi connectivity index (χ0n) is 12.5. The van der Waals surface area contributed by atoms with E-state index in [9.17, 15) is 24.5 Å². The number of esters is 1. The number of carbonyl (C=O) groups is 3. The van der Waals surface area contributed by atoms with Crippen LogP contribution in [0, 0.1) is 10.1 Å². The standard InChI is InChI=1S/C13H15N3O7/c1-3-22-13(19)15-11(17)7-23-12(18)8-4-5-9(14-2)10(6-8)16(20)21/h4-6,14H,3,7H2,1-2H3,(H,15,17,19). The molecule has 0 aliphatic carbocycles. The molecule has 0 saturated heterocycles. The molecular formula is C13H15N3O7. The normalized spacial score (nSPS) is 9.65. The van der Waals surface area contributed by atoms with Crippen molar-refractivity contribution in [2.45, 2.75) is 6.92 Å². The van der Waals surface area contributed by atoms with E-state index in [1.54, 1.807) is 6.92 Å². The van der Waals surface area contributed by atoms with Crippen molar-refractivity contribution in [2.75, 3.05) is 25.6 Å². The summed E-state index contributed by atoms with van der Waals surface area (Å²) in [6, 6.07) is 3.68. The highest BCUT2D eigenvalue weighted by Gasteiger charge is 2.18. The van der Waals surface area contributed by atoms with Crippen molar-refractivity contribution in [1.29, 1.82) is 0 Å². The molecule has 2 N–H and O–H groups in total. The average molecular weight is 325 g/mol. The van der Waals surface area contributed by atoms with Crippen molar-refractivity contribution in [1.82, 2.24) is 5.32 Å². The minimum Gasteiger partial charge on any atom is -0.452 e. The molecule has 0 radical (unpaired) electrons. The summed E-state index contributed by atoms with van der Waals surface area (Å²) in [6.45, 7) is 0.922. The Kier molecular flexibility index (Phi) is 6.46. The summed E-state index contributed by atoms with van der Waals surface area (Å²) in [5.41, 5.74) is -0.177. The topological polar surface area (TPSA) is 137 Å². The number of nitrogens with zero attached hydrogens (tertiary/aromatic N) is 1. The Morgan fingerprint density at radius 1 is 1.26 bits per heavy atom. The van der Waals surface area contributed by atoms with Gasteiger partial charge >= 0.3 is 12.1 Å². The van der Waals surface area contributed by atoms with Gasteiger partial charge in [-0.15, -0.1) is 0 Å². The summed E-state index contributed by atoms with van der Waals surface area (Å²) in [6.07, 6.45) is -0.956. The van der Waals surface area contributed by atoms with Crippen LogP contribution in [0.4, 0.5) is 16.2 Å². The van der Waals surface area contributed by atoms with Crippen LogP contribution in [0.25, 0.3) is 0 Å². The van der Waals surface area contributed by atoms with Gasteiger partial charge in [0.2, 0.25) is 0 Å². The molecule has 0 atom stereocenters. The van der Waals surface area contributed by atoms with Crippen LogP contribution in [0.15, 0.2) is 18.2 Å². The maximum atomic E-state index is 11.8. The van der Waals surface area contributed by atoms with Gasteiger partial charge in [-0.2, -0.15) is 0 Å². The highest BCUT2D eigenvalue weighted by atomic mass is 16.6. The van der Waals surface area contributed by atoms with E-state index in [1.165, 1.54) is 19.2 Å². The molecule has 124 valence electrons. The molecule has 10 heteroatoms. The van der Waals surface area contributed by atoms with Gasteiger partial charge in [-0.3, -0.25) is 20.2 Å². The number of rotatable bonds is 6. The first kappa shape index (κ1) is 17.9. The number of ether oxygens (including phenoxy) is 2. The highest BCUT2D eigenvalue weighted by molar-refractivity contribution is 5.96. The van der Waals surface area contributed by atoms with Crippen LogP contribution in [-0.2, 0) is 14.3 Å². The molecule has 10 nitrogen and oxygen atoms in total. The van der Waals surface area contributed by atoms with E-state index in [4.69, 9.17) is 0 Å². The fourth-order valence-corrected chi connectivity index (χ4v) is 1.55. The van der Waals surface area contributed by atoms with Crippen LogP contribution in [-0.4, -0.2) is 43.2 Å². The molecule has 0 unspecified atom stereocenters. The van der Waals surface area contributed by atoms with E-state index >= 15 is 0 Å². The molecule has 0 saturated carbocycles. The van der Waals surface area contributed by atoms with Gasteiger partial charge in [0.15, 0.2) is 6.61 Å². The lowest BCUT2D eigenvalue weighted by Crippen LogP contribution is -2.34. The predicted octanol–water partition coefficient (Wildman–Crippen LogP) is 1.07. The van der Waals surface area contributed by atoms with Crippen molar-refractivity contribution in [3.05, 3.63) is 33.9 Å². The van der Waals surface area contributed by atoms with Gasteiger partial charge in [-0.1, -0.05) is 0 Å². The Labute approximate surface area is 130 Å². The van der Waals surface area contributed by atoms with Gasteiger partial charge in [-0.05, 0) is 19.1 Å². The Bertz CT molecular complexity index is 630. The smallest absolute Gasteiger partial charge is 0.413 e. The molecule has 23 heavy (non-hydrogen) atoms. The number of amides is 2. The second kappa shape index (κ2) is 8.32. The molecule has 1 aromatic carbocycles. The van der Waals surface area contributed by atoms with Gasteiger partial charge in [-0.25, -0.2) is 9.59 Å². The van der Waals surface area contributed by atoms with Gasteiger partial charge in [0.25, 0.3) is 11.6 Å². The van der Waals surface area contributed by atoms with Crippen LogP contribution in [0.5, 0.6) is 0 Å². The molecule has 2 amide bonds. The van der Waals surface area contributed by atoms with Gasteiger partial charge in [0.05, 0.1) is 17.1 Å². The summed E-state index contributed by atoms with van der Waals surface area (Å²) >= 11 is 0. The maximum Gasteiger partial charge on any atom is 0.413 e.